The second-order valence-corrected chi connectivity index (χ2v) is 5.29. The van der Waals surface area contributed by atoms with E-state index in [-0.39, 0.29) is 5.92 Å². The molecular weight excluding hydrogens is 216 g/mol. The SMILES string of the molecule is COC[C@@H]1CCCN(C(=O)[C@@H]2CCCNC2)C1. The molecule has 17 heavy (non-hydrogen) atoms. The minimum Gasteiger partial charge on any atom is -0.384 e. The standard InChI is InChI=1S/C13H24N2O2/c1-17-10-11-4-3-7-15(9-11)13(16)12-5-2-6-14-8-12/h11-12,14H,2-10H2,1H3/t11-,12-/m1/s1. The molecule has 2 saturated heterocycles. The highest BCUT2D eigenvalue weighted by Gasteiger charge is 2.29. The summed E-state index contributed by atoms with van der Waals surface area (Å²) in [5.74, 6) is 1.11. The molecule has 0 saturated carbocycles. The molecule has 0 aliphatic carbocycles. The van der Waals surface area contributed by atoms with Crippen molar-refractivity contribution >= 4 is 5.91 Å². The van der Waals surface area contributed by atoms with E-state index in [0.717, 1.165) is 52.0 Å². The van der Waals surface area contributed by atoms with E-state index >= 15 is 0 Å². The van der Waals surface area contributed by atoms with Crippen molar-refractivity contribution in [2.24, 2.45) is 11.8 Å². The Balaban J connectivity index is 1.85. The number of nitrogens with one attached hydrogen (secondary N) is 1. The molecule has 2 aliphatic rings. The Hall–Kier alpha value is -0.610. The lowest BCUT2D eigenvalue weighted by atomic mass is 9.94. The van der Waals surface area contributed by atoms with Gasteiger partial charge in [-0.1, -0.05) is 0 Å². The van der Waals surface area contributed by atoms with E-state index in [1.807, 2.05) is 0 Å². The van der Waals surface area contributed by atoms with E-state index < -0.39 is 0 Å². The molecule has 0 aromatic heterocycles. The molecule has 4 heteroatoms. The number of piperidine rings is 2. The van der Waals surface area contributed by atoms with E-state index in [0.29, 0.717) is 11.8 Å². The summed E-state index contributed by atoms with van der Waals surface area (Å²) >= 11 is 0. The first-order chi connectivity index (χ1) is 8.31. The highest BCUT2D eigenvalue weighted by atomic mass is 16.5. The van der Waals surface area contributed by atoms with Gasteiger partial charge in [0, 0.05) is 26.7 Å². The van der Waals surface area contributed by atoms with Gasteiger partial charge < -0.3 is 15.0 Å². The molecular formula is C13H24N2O2. The van der Waals surface area contributed by atoms with E-state index in [1.165, 1.54) is 6.42 Å². The van der Waals surface area contributed by atoms with Crippen molar-refractivity contribution in [3.63, 3.8) is 0 Å². The van der Waals surface area contributed by atoms with Crippen LogP contribution in [-0.2, 0) is 9.53 Å². The Morgan fingerprint density at radius 3 is 3.00 bits per heavy atom. The number of ether oxygens (including phenoxy) is 1. The zero-order chi connectivity index (χ0) is 12.1. The van der Waals surface area contributed by atoms with Gasteiger partial charge in [0.15, 0.2) is 0 Å². The van der Waals surface area contributed by atoms with Crippen LogP contribution in [-0.4, -0.2) is 50.7 Å². The predicted molar refractivity (Wildman–Crippen MR) is 66.8 cm³/mol. The number of likely N-dealkylation sites (tertiary alicyclic amines) is 1. The van der Waals surface area contributed by atoms with E-state index in [1.54, 1.807) is 7.11 Å². The molecule has 4 nitrogen and oxygen atoms in total. The maximum Gasteiger partial charge on any atom is 0.226 e. The lowest BCUT2D eigenvalue weighted by molar-refractivity contribution is -0.138. The first-order valence-electron chi connectivity index (χ1n) is 6.79. The molecule has 0 spiro atoms. The molecule has 1 amide bonds. The van der Waals surface area contributed by atoms with Crippen LogP contribution in [0, 0.1) is 11.8 Å². The summed E-state index contributed by atoms with van der Waals surface area (Å²) in [6.45, 7) is 4.55. The molecule has 0 aromatic carbocycles. The molecule has 0 unspecified atom stereocenters. The van der Waals surface area contributed by atoms with E-state index in [2.05, 4.69) is 10.2 Å². The number of hydrogen-bond donors (Lipinski definition) is 1. The van der Waals surface area contributed by atoms with Crippen molar-refractivity contribution < 1.29 is 9.53 Å². The van der Waals surface area contributed by atoms with Crippen LogP contribution in [0.3, 0.4) is 0 Å². The number of carbonyl (C=O) groups is 1. The summed E-state index contributed by atoms with van der Waals surface area (Å²) < 4.78 is 5.20. The Labute approximate surface area is 104 Å². The van der Waals surface area contributed by atoms with Gasteiger partial charge >= 0.3 is 0 Å². The van der Waals surface area contributed by atoms with Gasteiger partial charge in [0.1, 0.15) is 0 Å². The third kappa shape index (κ3) is 3.42. The zero-order valence-electron chi connectivity index (χ0n) is 10.8. The summed E-state index contributed by atoms with van der Waals surface area (Å²) in [5.41, 5.74) is 0. The summed E-state index contributed by atoms with van der Waals surface area (Å²) in [7, 11) is 1.74. The molecule has 2 aliphatic heterocycles. The largest absolute Gasteiger partial charge is 0.384 e. The van der Waals surface area contributed by atoms with Gasteiger partial charge in [-0.05, 0) is 38.1 Å². The van der Waals surface area contributed by atoms with Gasteiger partial charge in [-0.15, -0.1) is 0 Å². The van der Waals surface area contributed by atoms with Gasteiger partial charge in [-0.25, -0.2) is 0 Å². The molecule has 0 radical (unpaired) electrons. The van der Waals surface area contributed by atoms with Gasteiger partial charge in [0.05, 0.1) is 12.5 Å². The molecule has 0 aromatic rings. The van der Waals surface area contributed by atoms with Gasteiger partial charge in [-0.2, -0.15) is 0 Å². The van der Waals surface area contributed by atoms with Crippen molar-refractivity contribution in [1.82, 2.24) is 10.2 Å². The average Bonchev–Trinajstić information content (AvgIpc) is 2.40. The van der Waals surface area contributed by atoms with Crippen LogP contribution in [0.25, 0.3) is 0 Å². The van der Waals surface area contributed by atoms with Crippen LogP contribution >= 0.6 is 0 Å². The summed E-state index contributed by atoms with van der Waals surface area (Å²) in [6, 6.07) is 0. The minimum atomic E-state index is 0.213. The van der Waals surface area contributed by atoms with Crippen molar-refractivity contribution in [2.75, 3.05) is 39.9 Å². The molecule has 98 valence electrons. The van der Waals surface area contributed by atoms with Crippen LogP contribution < -0.4 is 5.32 Å². The topological polar surface area (TPSA) is 41.6 Å². The first-order valence-corrected chi connectivity index (χ1v) is 6.79. The quantitative estimate of drug-likeness (QED) is 0.796. The molecule has 0 bridgehead atoms. The number of hydrogen-bond acceptors (Lipinski definition) is 3. The second-order valence-electron chi connectivity index (χ2n) is 5.29. The summed E-state index contributed by atoms with van der Waals surface area (Å²) in [6.07, 6.45) is 4.50. The van der Waals surface area contributed by atoms with Crippen molar-refractivity contribution in [1.29, 1.82) is 0 Å². The normalized spacial score (nSPS) is 30.3. The summed E-state index contributed by atoms with van der Waals surface area (Å²) in [5, 5.41) is 3.32. The van der Waals surface area contributed by atoms with Crippen molar-refractivity contribution in [2.45, 2.75) is 25.7 Å². The van der Waals surface area contributed by atoms with E-state index in [4.69, 9.17) is 4.74 Å². The zero-order valence-corrected chi connectivity index (χ0v) is 10.8. The van der Waals surface area contributed by atoms with Crippen LogP contribution in [0.2, 0.25) is 0 Å². The van der Waals surface area contributed by atoms with Crippen molar-refractivity contribution in [3.05, 3.63) is 0 Å². The fourth-order valence-electron chi connectivity index (χ4n) is 2.96. The number of carbonyl (C=O) groups excluding carboxylic acids is 1. The molecule has 2 atom stereocenters. The van der Waals surface area contributed by atoms with Crippen LogP contribution in [0.4, 0.5) is 0 Å². The molecule has 2 rings (SSSR count). The summed E-state index contributed by atoms with van der Waals surface area (Å²) in [4.78, 5) is 14.4. The first kappa shape index (κ1) is 12.8. The lowest BCUT2D eigenvalue weighted by Crippen LogP contribution is -2.47. The molecule has 2 fully saturated rings. The highest BCUT2D eigenvalue weighted by Crippen LogP contribution is 2.20. The Morgan fingerprint density at radius 1 is 1.41 bits per heavy atom. The number of rotatable bonds is 3. The maximum absolute atomic E-state index is 12.3. The van der Waals surface area contributed by atoms with Crippen LogP contribution in [0.1, 0.15) is 25.7 Å². The fourth-order valence-corrected chi connectivity index (χ4v) is 2.96. The van der Waals surface area contributed by atoms with E-state index in [9.17, 15) is 4.79 Å². The minimum absolute atomic E-state index is 0.213. The Bertz CT molecular complexity index is 250. The monoisotopic (exact) mass is 240 g/mol. The fraction of sp³-hybridized carbons (Fsp3) is 0.923. The smallest absolute Gasteiger partial charge is 0.226 e. The maximum atomic E-state index is 12.3. The molecule has 2 heterocycles. The molecule has 1 N–H and O–H groups in total. The van der Waals surface area contributed by atoms with Gasteiger partial charge in [0.25, 0.3) is 0 Å². The number of methoxy groups -OCH3 is 1. The number of amides is 1. The Morgan fingerprint density at radius 2 is 2.29 bits per heavy atom. The second kappa shape index (κ2) is 6.36. The number of nitrogens with zero attached hydrogens (tertiary/aromatic N) is 1. The van der Waals surface area contributed by atoms with Crippen LogP contribution in [0.5, 0.6) is 0 Å². The third-order valence-corrected chi connectivity index (χ3v) is 3.88. The average molecular weight is 240 g/mol. The van der Waals surface area contributed by atoms with Gasteiger partial charge in [0.2, 0.25) is 5.91 Å². The lowest BCUT2D eigenvalue weighted by Gasteiger charge is -2.35. The third-order valence-electron chi connectivity index (χ3n) is 3.88. The van der Waals surface area contributed by atoms with Gasteiger partial charge in [-0.3, -0.25) is 4.79 Å². The van der Waals surface area contributed by atoms with Crippen molar-refractivity contribution in [3.8, 4) is 0 Å². The predicted octanol–water partition coefficient (Wildman–Crippen LogP) is 0.871. The Kier molecular flexibility index (Phi) is 4.80. The van der Waals surface area contributed by atoms with Crippen LogP contribution in [0.15, 0.2) is 0 Å². The highest BCUT2D eigenvalue weighted by molar-refractivity contribution is 5.79.